The number of hydrogen-bond donors (Lipinski definition) is 0. The standard InChI is InChI=1S/C15H28O2/c1-7-9-15(6,13(3)17)11-8-10-14(4,5)12(2)16/h7-11H2,1-6H3. The van der Waals surface area contributed by atoms with Gasteiger partial charge in [0.1, 0.15) is 11.6 Å². The third-order valence-electron chi connectivity index (χ3n) is 4.14. The maximum absolute atomic E-state index is 11.7. The first-order chi connectivity index (χ1) is 7.65. The lowest BCUT2D eigenvalue weighted by atomic mass is 9.75. The lowest BCUT2D eigenvalue weighted by molar-refractivity contribution is -0.126. The molecule has 0 aliphatic heterocycles. The van der Waals surface area contributed by atoms with Crippen molar-refractivity contribution in [3.8, 4) is 0 Å². The highest BCUT2D eigenvalue weighted by atomic mass is 16.1. The summed E-state index contributed by atoms with van der Waals surface area (Å²) in [5.41, 5.74) is -0.439. The molecule has 100 valence electrons. The van der Waals surface area contributed by atoms with E-state index in [0.29, 0.717) is 0 Å². The van der Waals surface area contributed by atoms with Crippen molar-refractivity contribution in [1.29, 1.82) is 0 Å². The number of ketones is 2. The number of carbonyl (C=O) groups is 2. The summed E-state index contributed by atoms with van der Waals surface area (Å²) >= 11 is 0. The quantitative estimate of drug-likeness (QED) is 0.638. The third-order valence-corrected chi connectivity index (χ3v) is 4.14. The number of hydrogen-bond acceptors (Lipinski definition) is 2. The van der Waals surface area contributed by atoms with E-state index >= 15 is 0 Å². The van der Waals surface area contributed by atoms with Gasteiger partial charge in [-0.1, -0.05) is 40.5 Å². The Morgan fingerprint density at radius 2 is 1.41 bits per heavy atom. The zero-order chi connectivity index (χ0) is 13.7. The van der Waals surface area contributed by atoms with Crippen LogP contribution in [0.5, 0.6) is 0 Å². The van der Waals surface area contributed by atoms with Crippen LogP contribution in [0, 0.1) is 10.8 Å². The maximum Gasteiger partial charge on any atom is 0.135 e. The number of rotatable bonds is 8. The highest BCUT2D eigenvalue weighted by Crippen LogP contribution is 2.33. The molecule has 2 nitrogen and oxygen atoms in total. The second-order valence-electron chi connectivity index (χ2n) is 6.16. The lowest BCUT2D eigenvalue weighted by Crippen LogP contribution is -2.27. The van der Waals surface area contributed by atoms with Crippen molar-refractivity contribution in [2.24, 2.45) is 10.8 Å². The molecule has 0 bridgehead atoms. The van der Waals surface area contributed by atoms with Gasteiger partial charge in [0.05, 0.1) is 0 Å². The Hall–Kier alpha value is -0.660. The van der Waals surface area contributed by atoms with Gasteiger partial charge < -0.3 is 0 Å². The van der Waals surface area contributed by atoms with Crippen LogP contribution in [-0.2, 0) is 9.59 Å². The molecule has 1 atom stereocenters. The molecule has 0 saturated heterocycles. The van der Waals surface area contributed by atoms with Gasteiger partial charge in [-0.2, -0.15) is 0 Å². The van der Waals surface area contributed by atoms with E-state index in [9.17, 15) is 9.59 Å². The second-order valence-corrected chi connectivity index (χ2v) is 6.16. The summed E-state index contributed by atoms with van der Waals surface area (Å²) < 4.78 is 0. The largest absolute Gasteiger partial charge is 0.299 e. The summed E-state index contributed by atoms with van der Waals surface area (Å²) in [4.78, 5) is 23.1. The monoisotopic (exact) mass is 240 g/mol. The normalized spacial score (nSPS) is 15.4. The van der Waals surface area contributed by atoms with Gasteiger partial charge in [-0.3, -0.25) is 9.59 Å². The van der Waals surface area contributed by atoms with Crippen LogP contribution in [-0.4, -0.2) is 11.6 Å². The van der Waals surface area contributed by atoms with E-state index in [1.54, 1.807) is 13.8 Å². The van der Waals surface area contributed by atoms with Crippen LogP contribution < -0.4 is 0 Å². The maximum atomic E-state index is 11.7. The van der Waals surface area contributed by atoms with Crippen LogP contribution in [0.4, 0.5) is 0 Å². The lowest BCUT2D eigenvalue weighted by Gasteiger charge is -2.28. The minimum Gasteiger partial charge on any atom is -0.299 e. The Bertz CT molecular complexity index is 279. The summed E-state index contributed by atoms with van der Waals surface area (Å²) in [6, 6.07) is 0. The van der Waals surface area contributed by atoms with Gasteiger partial charge >= 0.3 is 0 Å². The minimum atomic E-state index is -0.246. The topological polar surface area (TPSA) is 34.1 Å². The molecule has 0 heterocycles. The smallest absolute Gasteiger partial charge is 0.135 e. The van der Waals surface area contributed by atoms with Crippen molar-refractivity contribution in [3.63, 3.8) is 0 Å². The molecular formula is C15H28O2. The van der Waals surface area contributed by atoms with Crippen molar-refractivity contribution in [2.45, 2.75) is 73.6 Å². The Morgan fingerprint density at radius 3 is 1.76 bits per heavy atom. The van der Waals surface area contributed by atoms with Crippen molar-refractivity contribution < 1.29 is 9.59 Å². The van der Waals surface area contributed by atoms with E-state index in [2.05, 4.69) is 13.8 Å². The van der Waals surface area contributed by atoms with Crippen LogP contribution in [0.3, 0.4) is 0 Å². The molecule has 0 fully saturated rings. The Morgan fingerprint density at radius 1 is 0.882 bits per heavy atom. The molecule has 0 radical (unpaired) electrons. The molecule has 2 heteroatoms. The summed E-state index contributed by atoms with van der Waals surface area (Å²) in [5, 5.41) is 0. The molecule has 0 aliphatic carbocycles. The molecule has 0 saturated carbocycles. The highest BCUT2D eigenvalue weighted by Gasteiger charge is 2.30. The fraction of sp³-hybridized carbons (Fsp3) is 0.867. The molecule has 0 rings (SSSR count). The molecule has 0 N–H and O–H groups in total. The fourth-order valence-electron chi connectivity index (χ4n) is 2.13. The van der Waals surface area contributed by atoms with Crippen molar-refractivity contribution in [3.05, 3.63) is 0 Å². The van der Waals surface area contributed by atoms with Crippen LogP contribution in [0.1, 0.15) is 73.6 Å². The predicted molar refractivity (Wildman–Crippen MR) is 72.0 cm³/mol. The summed E-state index contributed by atoms with van der Waals surface area (Å²) in [5.74, 6) is 0.512. The molecule has 17 heavy (non-hydrogen) atoms. The molecule has 0 spiro atoms. The molecule has 0 aromatic heterocycles. The Kier molecular flexibility index (Phi) is 6.08. The van der Waals surface area contributed by atoms with Crippen molar-refractivity contribution >= 4 is 11.6 Å². The van der Waals surface area contributed by atoms with Gasteiger partial charge in [-0.05, 0) is 33.1 Å². The molecule has 0 aromatic rings. The minimum absolute atomic E-state index is 0.193. The average Bonchev–Trinajstić information content (AvgIpc) is 2.17. The van der Waals surface area contributed by atoms with Gasteiger partial charge in [-0.25, -0.2) is 0 Å². The molecule has 0 amide bonds. The molecular weight excluding hydrogens is 212 g/mol. The van der Waals surface area contributed by atoms with E-state index in [0.717, 1.165) is 32.1 Å². The van der Waals surface area contributed by atoms with Crippen LogP contribution in [0.2, 0.25) is 0 Å². The number of carbonyl (C=O) groups excluding carboxylic acids is 2. The van der Waals surface area contributed by atoms with Crippen LogP contribution in [0.15, 0.2) is 0 Å². The predicted octanol–water partition coefficient (Wildman–Crippen LogP) is 4.17. The molecule has 0 aromatic carbocycles. The fourth-order valence-corrected chi connectivity index (χ4v) is 2.13. The van der Waals surface area contributed by atoms with Gasteiger partial charge in [0.15, 0.2) is 0 Å². The zero-order valence-corrected chi connectivity index (χ0v) is 12.4. The van der Waals surface area contributed by atoms with E-state index in [1.807, 2.05) is 13.8 Å². The Balaban J connectivity index is 4.35. The number of Topliss-reactive ketones (excluding diaryl/α,β-unsaturated/α-hetero) is 2. The summed E-state index contributed by atoms with van der Waals surface area (Å²) in [6.45, 7) is 11.5. The van der Waals surface area contributed by atoms with Crippen molar-refractivity contribution in [1.82, 2.24) is 0 Å². The average molecular weight is 240 g/mol. The van der Waals surface area contributed by atoms with E-state index in [4.69, 9.17) is 0 Å². The van der Waals surface area contributed by atoms with Gasteiger partial charge in [0.2, 0.25) is 0 Å². The molecule has 0 aliphatic rings. The van der Waals surface area contributed by atoms with Gasteiger partial charge in [-0.15, -0.1) is 0 Å². The van der Waals surface area contributed by atoms with Gasteiger partial charge in [0.25, 0.3) is 0 Å². The molecule has 1 unspecified atom stereocenters. The SMILES string of the molecule is CCCC(C)(CCCC(C)(C)C(C)=O)C(C)=O. The van der Waals surface area contributed by atoms with E-state index in [1.165, 1.54) is 0 Å². The van der Waals surface area contributed by atoms with E-state index < -0.39 is 0 Å². The van der Waals surface area contributed by atoms with Crippen LogP contribution in [0.25, 0.3) is 0 Å². The Labute approximate surface area is 106 Å². The highest BCUT2D eigenvalue weighted by molar-refractivity contribution is 5.82. The second kappa shape index (κ2) is 6.32. The zero-order valence-electron chi connectivity index (χ0n) is 12.4. The van der Waals surface area contributed by atoms with Crippen molar-refractivity contribution in [2.75, 3.05) is 0 Å². The first-order valence-electron chi connectivity index (χ1n) is 6.68. The van der Waals surface area contributed by atoms with E-state index in [-0.39, 0.29) is 22.4 Å². The summed E-state index contributed by atoms with van der Waals surface area (Å²) in [6.07, 6.45) is 4.69. The van der Waals surface area contributed by atoms with Crippen LogP contribution >= 0.6 is 0 Å². The summed E-state index contributed by atoms with van der Waals surface area (Å²) in [7, 11) is 0. The van der Waals surface area contributed by atoms with Gasteiger partial charge in [0, 0.05) is 10.8 Å². The third kappa shape index (κ3) is 5.01. The first-order valence-corrected chi connectivity index (χ1v) is 6.68. The first kappa shape index (κ1) is 16.3.